The van der Waals surface area contributed by atoms with E-state index in [9.17, 15) is 13.6 Å². The molecule has 17 heavy (non-hydrogen) atoms. The predicted molar refractivity (Wildman–Crippen MR) is 60.3 cm³/mol. The standard InChI is InChI=1S/C12H15F2NO2/c1-12(2,3)15-10(16)8-5-4-6-9(7-8)17-11(13)14/h4-7,11H,1-3H3,(H,15,16). The lowest BCUT2D eigenvalue weighted by Gasteiger charge is -2.20. The SMILES string of the molecule is CC(C)(C)NC(=O)c1cccc(OC(F)F)c1. The molecule has 0 spiro atoms. The van der Waals surface area contributed by atoms with Crippen molar-refractivity contribution in [1.82, 2.24) is 5.32 Å². The van der Waals surface area contributed by atoms with Crippen LogP contribution in [-0.4, -0.2) is 18.1 Å². The maximum atomic E-state index is 12.0. The number of hydrogen-bond donors (Lipinski definition) is 1. The van der Waals surface area contributed by atoms with Gasteiger partial charge in [0.25, 0.3) is 5.91 Å². The summed E-state index contributed by atoms with van der Waals surface area (Å²) in [6, 6.07) is 5.70. The van der Waals surface area contributed by atoms with E-state index < -0.39 is 6.61 Å². The number of benzene rings is 1. The number of rotatable bonds is 3. The molecule has 0 aromatic heterocycles. The van der Waals surface area contributed by atoms with Gasteiger partial charge in [-0.05, 0) is 39.0 Å². The average Bonchev–Trinajstić information content (AvgIpc) is 2.14. The zero-order valence-electron chi connectivity index (χ0n) is 9.96. The number of alkyl halides is 2. The summed E-state index contributed by atoms with van der Waals surface area (Å²) in [6.07, 6.45) is 0. The van der Waals surface area contributed by atoms with Gasteiger partial charge in [0, 0.05) is 11.1 Å². The van der Waals surface area contributed by atoms with Crippen LogP contribution in [0, 0.1) is 0 Å². The van der Waals surface area contributed by atoms with Gasteiger partial charge in [0.15, 0.2) is 0 Å². The van der Waals surface area contributed by atoms with Gasteiger partial charge in [-0.3, -0.25) is 4.79 Å². The van der Waals surface area contributed by atoms with Crippen molar-refractivity contribution in [2.45, 2.75) is 32.9 Å². The summed E-state index contributed by atoms with van der Waals surface area (Å²) >= 11 is 0. The molecule has 0 aliphatic rings. The Labute approximate surface area is 98.8 Å². The maximum Gasteiger partial charge on any atom is 0.387 e. The van der Waals surface area contributed by atoms with Crippen LogP contribution in [0.3, 0.4) is 0 Å². The summed E-state index contributed by atoms with van der Waals surface area (Å²) in [4.78, 5) is 11.7. The molecule has 1 N–H and O–H groups in total. The first-order valence-corrected chi connectivity index (χ1v) is 5.15. The lowest BCUT2D eigenvalue weighted by Crippen LogP contribution is -2.40. The van der Waals surface area contributed by atoms with Gasteiger partial charge in [-0.25, -0.2) is 0 Å². The molecule has 94 valence electrons. The van der Waals surface area contributed by atoms with Crippen molar-refractivity contribution in [1.29, 1.82) is 0 Å². The second-order valence-electron chi connectivity index (χ2n) is 4.61. The molecule has 1 amide bonds. The Kier molecular flexibility index (Phi) is 4.04. The Hall–Kier alpha value is -1.65. The minimum absolute atomic E-state index is 0.0263. The Bertz CT molecular complexity index is 400. The van der Waals surface area contributed by atoms with E-state index in [-0.39, 0.29) is 22.8 Å². The first-order valence-electron chi connectivity index (χ1n) is 5.15. The largest absolute Gasteiger partial charge is 0.435 e. The monoisotopic (exact) mass is 243 g/mol. The van der Waals surface area contributed by atoms with E-state index in [0.717, 1.165) is 0 Å². The van der Waals surface area contributed by atoms with Crippen molar-refractivity contribution in [3.63, 3.8) is 0 Å². The van der Waals surface area contributed by atoms with Crippen molar-refractivity contribution in [3.05, 3.63) is 29.8 Å². The Morgan fingerprint density at radius 3 is 2.53 bits per heavy atom. The molecule has 0 unspecified atom stereocenters. The van der Waals surface area contributed by atoms with Crippen molar-refractivity contribution in [2.75, 3.05) is 0 Å². The molecule has 0 aliphatic carbocycles. The molecule has 1 aromatic carbocycles. The van der Waals surface area contributed by atoms with Gasteiger partial charge in [0.1, 0.15) is 5.75 Å². The molecule has 0 aliphatic heterocycles. The Morgan fingerprint density at radius 2 is 2.00 bits per heavy atom. The normalized spacial score (nSPS) is 11.4. The third kappa shape index (κ3) is 4.80. The summed E-state index contributed by atoms with van der Waals surface area (Å²) in [5.41, 5.74) is -0.0884. The summed E-state index contributed by atoms with van der Waals surface area (Å²) in [5, 5.41) is 2.73. The van der Waals surface area contributed by atoms with E-state index in [1.807, 2.05) is 20.8 Å². The third-order valence-corrected chi connectivity index (χ3v) is 1.81. The molecule has 0 saturated heterocycles. The lowest BCUT2D eigenvalue weighted by atomic mass is 10.1. The molecule has 0 atom stereocenters. The molecular weight excluding hydrogens is 228 g/mol. The molecular formula is C12H15F2NO2. The van der Waals surface area contributed by atoms with Crippen molar-refractivity contribution in [2.24, 2.45) is 0 Å². The van der Waals surface area contributed by atoms with Crippen LogP contribution in [0.25, 0.3) is 0 Å². The van der Waals surface area contributed by atoms with Gasteiger partial charge in [0.05, 0.1) is 0 Å². The third-order valence-electron chi connectivity index (χ3n) is 1.81. The highest BCUT2D eigenvalue weighted by atomic mass is 19.3. The summed E-state index contributed by atoms with van der Waals surface area (Å²) < 4.78 is 28.2. The average molecular weight is 243 g/mol. The van der Waals surface area contributed by atoms with Crippen LogP contribution >= 0.6 is 0 Å². The number of carbonyl (C=O) groups is 1. The molecule has 3 nitrogen and oxygen atoms in total. The maximum absolute atomic E-state index is 12.0. The number of hydrogen-bond acceptors (Lipinski definition) is 2. The van der Waals surface area contributed by atoms with Gasteiger partial charge < -0.3 is 10.1 Å². The van der Waals surface area contributed by atoms with Crippen LogP contribution in [-0.2, 0) is 0 Å². The van der Waals surface area contributed by atoms with Gasteiger partial charge in [-0.1, -0.05) is 6.07 Å². The van der Waals surface area contributed by atoms with Gasteiger partial charge in [-0.15, -0.1) is 0 Å². The van der Waals surface area contributed by atoms with E-state index in [1.54, 1.807) is 6.07 Å². The second-order valence-corrected chi connectivity index (χ2v) is 4.61. The molecule has 1 rings (SSSR count). The highest BCUT2D eigenvalue weighted by Crippen LogP contribution is 2.16. The van der Waals surface area contributed by atoms with E-state index in [1.165, 1.54) is 18.2 Å². The number of carbonyl (C=O) groups excluding carboxylic acids is 1. The van der Waals surface area contributed by atoms with Crippen molar-refractivity contribution in [3.8, 4) is 5.75 Å². The predicted octanol–water partition coefficient (Wildman–Crippen LogP) is 2.82. The summed E-state index contributed by atoms with van der Waals surface area (Å²) in [5.74, 6) is -0.348. The van der Waals surface area contributed by atoms with E-state index >= 15 is 0 Å². The molecule has 0 fully saturated rings. The molecule has 0 radical (unpaired) electrons. The van der Waals surface area contributed by atoms with Crippen LogP contribution in [0.4, 0.5) is 8.78 Å². The Morgan fingerprint density at radius 1 is 1.35 bits per heavy atom. The first-order chi connectivity index (χ1) is 7.78. The van der Waals surface area contributed by atoms with Crippen LogP contribution in [0.2, 0.25) is 0 Å². The highest BCUT2D eigenvalue weighted by Gasteiger charge is 2.16. The van der Waals surface area contributed by atoms with Gasteiger partial charge in [0.2, 0.25) is 0 Å². The summed E-state index contributed by atoms with van der Waals surface area (Å²) in [7, 11) is 0. The zero-order chi connectivity index (χ0) is 13.1. The highest BCUT2D eigenvalue weighted by molar-refractivity contribution is 5.95. The second kappa shape index (κ2) is 5.12. The van der Waals surface area contributed by atoms with Crippen molar-refractivity contribution < 1.29 is 18.3 Å². The van der Waals surface area contributed by atoms with Crippen LogP contribution in [0.1, 0.15) is 31.1 Å². The smallest absolute Gasteiger partial charge is 0.387 e. The van der Waals surface area contributed by atoms with E-state index in [4.69, 9.17) is 0 Å². The van der Waals surface area contributed by atoms with Crippen molar-refractivity contribution >= 4 is 5.91 Å². The number of amides is 1. The summed E-state index contributed by atoms with van der Waals surface area (Å²) in [6.45, 7) is 2.62. The number of ether oxygens (including phenoxy) is 1. The van der Waals surface area contributed by atoms with E-state index in [0.29, 0.717) is 0 Å². The quantitative estimate of drug-likeness (QED) is 0.886. The first kappa shape index (κ1) is 13.4. The van der Waals surface area contributed by atoms with Gasteiger partial charge in [-0.2, -0.15) is 8.78 Å². The molecule has 5 heteroatoms. The molecule has 1 aromatic rings. The van der Waals surface area contributed by atoms with E-state index in [2.05, 4.69) is 10.1 Å². The minimum atomic E-state index is -2.89. The zero-order valence-corrected chi connectivity index (χ0v) is 9.96. The fourth-order valence-electron chi connectivity index (χ4n) is 1.23. The van der Waals surface area contributed by atoms with Gasteiger partial charge >= 0.3 is 6.61 Å². The van der Waals surface area contributed by atoms with Crippen LogP contribution in [0.15, 0.2) is 24.3 Å². The molecule has 0 heterocycles. The molecule has 0 saturated carbocycles. The molecule has 0 bridgehead atoms. The Balaban J connectivity index is 2.81. The fourth-order valence-corrected chi connectivity index (χ4v) is 1.23. The minimum Gasteiger partial charge on any atom is -0.435 e. The number of nitrogens with one attached hydrogen (secondary N) is 1. The number of halogens is 2. The lowest BCUT2D eigenvalue weighted by molar-refractivity contribution is -0.0498. The van der Waals surface area contributed by atoms with Crippen LogP contribution < -0.4 is 10.1 Å². The fraction of sp³-hybridized carbons (Fsp3) is 0.417. The van der Waals surface area contributed by atoms with Crippen LogP contribution in [0.5, 0.6) is 5.75 Å². The topological polar surface area (TPSA) is 38.3 Å².